The third-order valence-corrected chi connectivity index (χ3v) is 3.78. The average molecular weight is 334 g/mol. The van der Waals surface area contributed by atoms with Gasteiger partial charge in [-0.25, -0.2) is 0 Å². The van der Waals surface area contributed by atoms with Gasteiger partial charge in [0.1, 0.15) is 0 Å². The zero-order valence-corrected chi connectivity index (χ0v) is 12.7. The lowest BCUT2D eigenvalue weighted by Crippen LogP contribution is -2.40. The SMILES string of the molecule is CC(CN)C(=O)NC1(c2cccc(Br)c2)CC1.Cl. The molecule has 5 heteroatoms. The minimum absolute atomic E-state index is 0. The standard InChI is InChI=1S/C13H17BrN2O.ClH/c1-9(8-15)12(17)16-13(5-6-13)10-3-2-4-11(14)7-10;/h2-4,7,9H,5-6,8,15H2,1H3,(H,16,17);1H. The van der Waals surface area contributed by atoms with Crippen LogP contribution in [0.1, 0.15) is 25.3 Å². The highest BCUT2D eigenvalue weighted by Gasteiger charge is 2.46. The summed E-state index contributed by atoms with van der Waals surface area (Å²) in [5.41, 5.74) is 6.53. The topological polar surface area (TPSA) is 55.1 Å². The molecule has 1 aromatic carbocycles. The van der Waals surface area contributed by atoms with Crippen molar-refractivity contribution in [2.24, 2.45) is 11.7 Å². The lowest BCUT2D eigenvalue weighted by Gasteiger charge is -2.20. The van der Waals surface area contributed by atoms with E-state index in [2.05, 4.69) is 33.4 Å². The molecule has 1 aliphatic rings. The Morgan fingerprint density at radius 3 is 2.72 bits per heavy atom. The number of amides is 1. The fraction of sp³-hybridized carbons (Fsp3) is 0.462. The van der Waals surface area contributed by atoms with Crippen molar-refractivity contribution in [2.45, 2.75) is 25.3 Å². The van der Waals surface area contributed by atoms with Gasteiger partial charge >= 0.3 is 0 Å². The molecular formula is C13H18BrClN2O. The zero-order chi connectivity index (χ0) is 12.5. The normalized spacial score (nSPS) is 17.5. The van der Waals surface area contributed by atoms with Crippen LogP contribution < -0.4 is 11.1 Å². The Balaban J connectivity index is 0.00000162. The maximum absolute atomic E-state index is 11.9. The third kappa shape index (κ3) is 3.25. The molecule has 1 fully saturated rings. The summed E-state index contributed by atoms with van der Waals surface area (Å²) >= 11 is 3.46. The van der Waals surface area contributed by atoms with Crippen LogP contribution in [-0.4, -0.2) is 12.5 Å². The Morgan fingerprint density at radius 2 is 2.22 bits per heavy atom. The van der Waals surface area contributed by atoms with Crippen LogP contribution in [0.2, 0.25) is 0 Å². The number of carbonyl (C=O) groups excluding carboxylic acids is 1. The number of halogens is 2. The molecule has 3 N–H and O–H groups in total. The fourth-order valence-corrected chi connectivity index (χ4v) is 2.26. The quantitative estimate of drug-likeness (QED) is 0.890. The number of carbonyl (C=O) groups is 1. The van der Waals surface area contributed by atoms with Gasteiger partial charge in [-0.15, -0.1) is 12.4 Å². The van der Waals surface area contributed by atoms with Gasteiger partial charge in [0, 0.05) is 16.9 Å². The molecule has 0 aliphatic heterocycles. The second kappa shape index (κ2) is 6.04. The number of hydrogen-bond acceptors (Lipinski definition) is 2. The van der Waals surface area contributed by atoms with Gasteiger partial charge in [-0.2, -0.15) is 0 Å². The third-order valence-electron chi connectivity index (χ3n) is 3.29. The van der Waals surface area contributed by atoms with Crippen molar-refractivity contribution < 1.29 is 4.79 Å². The largest absolute Gasteiger partial charge is 0.346 e. The summed E-state index contributed by atoms with van der Waals surface area (Å²) in [6.07, 6.45) is 2.01. The Bertz CT molecular complexity index is 435. The molecule has 100 valence electrons. The molecule has 0 bridgehead atoms. The van der Waals surface area contributed by atoms with Gasteiger partial charge in [-0.1, -0.05) is 35.0 Å². The molecule has 0 saturated heterocycles. The number of nitrogens with two attached hydrogens (primary N) is 1. The van der Waals surface area contributed by atoms with Crippen LogP contribution >= 0.6 is 28.3 Å². The molecule has 0 heterocycles. The molecule has 2 rings (SSSR count). The predicted octanol–water partition coefficient (Wildman–Crippen LogP) is 2.57. The van der Waals surface area contributed by atoms with Crippen LogP contribution in [0.3, 0.4) is 0 Å². The van der Waals surface area contributed by atoms with Gasteiger partial charge in [0.15, 0.2) is 0 Å². The molecular weight excluding hydrogens is 316 g/mol. The van der Waals surface area contributed by atoms with Crippen LogP contribution in [0.15, 0.2) is 28.7 Å². The molecule has 1 amide bonds. The molecule has 1 aromatic rings. The van der Waals surface area contributed by atoms with Gasteiger partial charge in [0.05, 0.1) is 5.54 Å². The lowest BCUT2D eigenvalue weighted by molar-refractivity contribution is -0.125. The Morgan fingerprint density at radius 1 is 1.56 bits per heavy atom. The van der Waals surface area contributed by atoms with Crippen molar-refractivity contribution in [3.63, 3.8) is 0 Å². The van der Waals surface area contributed by atoms with Crippen molar-refractivity contribution in [3.05, 3.63) is 34.3 Å². The van der Waals surface area contributed by atoms with Crippen LogP contribution in [0.25, 0.3) is 0 Å². The van der Waals surface area contributed by atoms with Crippen molar-refractivity contribution in [1.29, 1.82) is 0 Å². The summed E-state index contributed by atoms with van der Waals surface area (Å²) in [6.45, 7) is 2.24. The minimum Gasteiger partial charge on any atom is -0.346 e. The molecule has 1 atom stereocenters. The first kappa shape index (κ1) is 15.5. The van der Waals surface area contributed by atoms with Crippen molar-refractivity contribution >= 4 is 34.2 Å². The van der Waals surface area contributed by atoms with Crippen molar-refractivity contribution in [1.82, 2.24) is 5.32 Å². The molecule has 1 unspecified atom stereocenters. The summed E-state index contributed by atoms with van der Waals surface area (Å²) < 4.78 is 1.04. The second-order valence-electron chi connectivity index (χ2n) is 4.72. The highest BCUT2D eigenvalue weighted by Crippen LogP contribution is 2.46. The van der Waals surface area contributed by atoms with Crippen LogP contribution in [-0.2, 0) is 10.3 Å². The summed E-state index contributed by atoms with van der Waals surface area (Å²) in [7, 11) is 0. The van der Waals surface area contributed by atoms with E-state index in [1.165, 1.54) is 5.56 Å². The first-order valence-corrected chi connectivity index (χ1v) is 6.65. The first-order valence-electron chi connectivity index (χ1n) is 5.85. The van der Waals surface area contributed by atoms with E-state index in [1.807, 2.05) is 19.1 Å². The van der Waals surface area contributed by atoms with Gasteiger partial charge in [-0.3, -0.25) is 4.79 Å². The Hall–Kier alpha value is -0.580. The summed E-state index contributed by atoms with van der Waals surface area (Å²) in [6, 6.07) is 8.12. The predicted molar refractivity (Wildman–Crippen MR) is 78.7 cm³/mol. The van der Waals surface area contributed by atoms with E-state index in [0.29, 0.717) is 6.54 Å². The zero-order valence-electron chi connectivity index (χ0n) is 10.3. The molecule has 3 nitrogen and oxygen atoms in total. The lowest BCUT2D eigenvalue weighted by atomic mass is 10.0. The van der Waals surface area contributed by atoms with Gasteiger partial charge < -0.3 is 11.1 Å². The smallest absolute Gasteiger partial charge is 0.224 e. The van der Waals surface area contributed by atoms with E-state index in [9.17, 15) is 4.79 Å². The van der Waals surface area contributed by atoms with Gasteiger partial charge in [0.25, 0.3) is 0 Å². The van der Waals surface area contributed by atoms with E-state index in [-0.39, 0.29) is 29.8 Å². The molecule has 0 radical (unpaired) electrons. The first-order chi connectivity index (χ1) is 8.07. The van der Waals surface area contributed by atoms with E-state index in [4.69, 9.17) is 5.73 Å². The van der Waals surface area contributed by atoms with Crippen LogP contribution in [0.4, 0.5) is 0 Å². The number of nitrogens with one attached hydrogen (secondary N) is 1. The van der Waals surface area contributed by atoms with Crippen LogP contribution in [0.5, 0.6) is 0 Å². The second-order valence-corrected chi connectivity index (χ2v) is 5.63. The maximum atomic E-state index is 11.9. The maximum Gasteiger partial charge on any atom is 0.224 e. The number of hydrogen-bond donors (Lipinski definition) is 2. The molecule has 1 saturated carbocycles. The van der Waals surface area contributed by atoms with E-state index in [1.54, 1.807) is 0 Å². The Kier molecular flexibility index (Phi) is 5.20. The highest BCUT2D eigenvalue weighted by atomic mass is 79.9. The van der Waals surface area contributed by atoms with Crippen molar-refractivity contribution in [2.75, 3.05) is 6.54 Å². The minimum atomic E-state index is -0.149. The molecule has 1 aliphatic carbocycles. The highest BCUT2D eigenvalue weighted by molar-refractivity contribution is 9.10. The van der Waals surface area contributed by atoms with E-state index >= 15 is 0 Å². The van der Waals surface area contributed by atoms with Crippen LogP contribution in [0, 0.1) is 5.92 Å². The summed E-state index contributed by atoms with van der Waals surface area (Å²) in [5, 5.41) is 3.12. The Labute approximate surface area is 122 Å². The number of benzene rings is 1. The average Bonchev–Trinajstić information content (AvgIpc) is 3.09. The molecule has 18 heavy (non-hydrogen) atoms. The van der Waals surface area contributed by atoms with Gasteiger partial charge in [-0.05, 0) is 30.5 Å². The fourth-order valence-electron chi connectivity index (χ4n) is 1.86. The molecule has 0 spiro atoms. The van der Waals surface area contributed by atoms with E-state index < -0.39 is 0 Å². The van der Waals surface area contributed by atoms with Crippen molar-refractivity contribution in [3.8, 4) is 0 Å². The molecule has 0 aromatic heterocycles. The monoisotopic (exact) mass is 332 g/mol. The van der Waals surface area contributed by atoms with Gasteiger partial charge in [0.2, 0.25) is 5.91 Å². The summed E-state index contributed by atoms with van der Waals surface area (Å²) in [5.74, 6) is -0.0791. The number of rotatable bonds is 4. The summed E-state index contributed by atoms with van der Waals surface area (Å²) in [4.78, 5) is 11.9. The van der Waals surface area contributed by atoms with E-state index in [0.717, 1.165) is 17.3 Å².